The van der Waals surface area contributed by atoms with Gasteiger partial charge in [0.25, 0.3) is 10.0 Å². The fraction of sp³-hybridized carbons (Fsp3) is 0.625. The second-order valence-electron chi connectivity index (χ2n) is 3.52. The van der Waals surface area contributed by atoms with Crippen molar-refractivity contribution in [3.8, 4) is 0 Å². The molecule has 0 radical (unpaired) electrons. The average Bonchev–Trinajstić information content (AvgIpc) is 2.58. The van der Waals surface area contributed by atoms with Gasteiger partial charge in [0.1, 0.15) is 0 Å². The van der Waals surface area contributed by atoms with Crippen molar-refractivity contribution in [2.45, 2.75) is 18.4 Å². The third kappa shape index (κ3) is 3.25. The Kier molecular flexibility index (Phi) is 5.20. The molecule has 1 aromatic rings. The molecule has 102 valence electrons. The normalized spacial score (nSPS) is 12.0. The van der Waals surface area contributed by atoms with Crippen LogP contribution in [-0.2, 0) is 17.1 Å². The van der Waals surface area contributed by atoms with Gasteiger partial charge in [0.2, 0.25) is 5.03 Å². The van der Waals surface area contributed by atoms with E-state index in [0.717, 1.165) is 0 Å². The van der Waals surface area contributed by atoms with Crippen LogP contribution in [0.4, 0.5) is 0 Å². The molecule has 0 aromatic carbocycles. The summed E-state index contributed by atoms with van der Waals surface area (Å²) in [6.07, 6.45) is 0.339. The van der Waals surface area contributed by atoms with Crippen molar-refractivity contribution in [1.82, 2.24) is 19.3 Å². The maximum Gasteiger partial charge on any atom is 0.263 e. The predicted octanol–water partition coefficient (Wildman–Crippen LogP) is 0.264. The van der Waals surface area contributed by atoms with Crippen LogP contribution in [0, 0.1) is 0 Å². The topological polar surface area (TPSA) is 94.1 Å². The van der Waals surface area contributed by atoms with E-state index >= 15 is 0 Å². The van der Waals surface area contributed by atoms with Crippen molar-refractivity contribution in [2.75, 3.05) is 13.1 Å². The van der Waals surface area contributed by atoms with Gasteiger partial charge < -0.3 is 5.73 Å². The summed E-state index contributed by atoms with van der Waals surface area (Å²) in [5.74, 6) is 0. The molecule has 0 saturated heterocycles. The first-order valence-electron chi connectivity index (χ1n) is 5.14. The van der Waals surface area contributed by atoms with Gasteiger partial charge in [-0.05, 0) is 15.9 Å². The molecule has 0 fully saturated rings. The molecule has 10 heteroatoms. The van der Waals surface area contributed by atoms with Gasteiger partial charge in [-0.25, -0.2) is 13.1 Å². The molecule has 0 bridgehead atoms. The highest BCUT2D eigenvalue weighted by Gasteiger charge is 2.29. The zero-order valence-electron chi connectivity index (χ0n) is 10.00. The number of halogens is 1. The van der Waals surface area contributed by atoms with Gasteiger partial charge in [-0.15, -0.1) is 5.10 Å². The molecular formula is C8H14BrN5O2S2. The lowest BCUT2D eigenvalue weighted by atomic mass is 10.4. The van der Waals surface area contributed by atoms with Crippen LogP contribution in [-0.4, -0.2) is 45.8 Å². The minimum Gasteiger partial charge on any atom is -0.393 e. The van der Waals surface area contributed by atoms with Crippen LogP contribution in [0.3, 0.4) is 0 Å². The molecule has 1 heterocycles. The SMILES string of the molecule is CCN(CCC(N)=S)S(=O)(=O)c1c(Br)nnn1C. The van der Waals surface area contributed by atoms with Crippen LogP contribution < -0.4 is 5.73 Å². The fourth-order valence-corrected chi connectivity index (χ4v) is 3.97. The number of nitrogens with two attached hydrogens (primary N) is 1. The van der Waals surface area contributed by atoms with E-state index in [1.165, 1.54) is 16.0 Å². The quantitative estimate of drug-likeness (QED) is 0.735. The van der Waals surface area contributed by atoms with E-state index in [9.17, 15) is 8.42 Å². The molecule has 0 amide bonds. The van der Waals surface area contributed by atoms with E-state index < -0.39 is 10.0 Å². The highest BCUT2D eigenvalue weighted by atomic mass is 79.9. The minimum atomic E-state index is -3.66. The summed E-state index contributed by atoms with van der Waals surface area (Å²) < 4.78 is 27.5. The zero-order chi connectivity index (χ0) is 13.9. The van der Waals surface area contributed by atoms with Gasteiger partial charge in [-0.1, -0.05) is 24.4 Å². The van der Waals surface area contributed by atoms with Crippen LogP contribution in [0.1, 0.15) is 13.3 Å². The van der Waals surface area contributed by atoms with Gasteiger partial charge >= 0.3 is 0 Å². The minimum absolute atomic E-state index is 0.0206. The third-order valence-corrected chi connectivity index (χ3v) is 5.35. The van der Waals surface area contributed by atoms with Crippen molar-refractivity contribution < 1.29 is 8.42 Å². The summed E-state index contributed by atoms with van der Waals surface area (Å²) in [7, 11) is -2.14. The number of thiocarbonyl (C=S) groups is 1. The highest BCUT2D eigenvalue weighted by molar-refractivity contribution is 9.10. The van der Waals surface area contributed by atoms with Crippen LogP contribution in [0.25, 0.3) is 0 Å². The number of hydrogen-bond donors (Lipinski definition) is 1. The lowest BCUT2D eigenvalue weighted by Crippen LogP contribution is -2.34. The van der Waals surface area contributed by atoms with Crippen molar-refractivity contribution >= 4 is 43.2 Å². The second-order valence-corrected chi connectivity index (χ2v) is 6.65. The van der Waals surface area contributed by atoms with Crippen molar-refractivity contribution in [3.63, 3.8) is 0 Å². The largest absolute Gasteiger partial charge is 0.393 e. The van der Waals surface area contributed by atoms with Gasteiger partial charge in [-0.2, -0.15) is 4.31 Å². The van der Waals surface area contributed by atoms with Crippen molar-refractivity contribution in [1.29, 1.82) is 0 Å². The molecule has 0 unspecified atom stereocenters. The summed E-state index contributed by atoms with van der Waals surface area (Å²) in [5.41, 5.74) is 5.39. The van der Waals surface area contributed by atoms with Crippen LogP contribution >= 0.6 is 28.1 Å². The van der Waals surface area contributed by atoms with Crippen molar-refractivity contribution in [2.24, 2.45) is 12.8 Å². The van der Waals surface area contributed by atoms with E-state index in [2.05, 4.69) is 26.2 Å². The Morgan fingerprint density at radius 2 is 2.22 bits per heavy atom. The Morgan fingerprint density at radius 1 is 1.61 bits per heavy atom. The monoisotopic (exact) mass is 355 g/mol. The average molecular weight is 356 g/mol. The first kappa shape index (κ1) is 15.5. The number of hydrogen-bond acceptors (Lipinski definition) is 5. The number of nitrogens with zero attached hydrogens (tertiary/aromatic N) is 4. The van der Waals surface area contributed by atoms with Gasteiger partial charge in [0.05, 0.1) is 4.99 Å². The first-order chi connectivity index (χ1) is 8.30. The maximum atomic E-state index is 12.4. The smallest absolute Gasteiger partial charge is 0.263 e. The summed E-state index contributed by atoms with van der Waals surface area (Å²) in [6, 6.07) is 0. The summed E-state index contributed by atoms with van der Waals surface area (Å²) >= 11 is 7.83. The first-order valence-corrected chi connectivity index (χ1v) is 7.78. The Labute approximate surface area is 120 Å². The molecule has 0 aliphatic rings. The summed E-state index contributed by atoms with van der Waals surface area (Å²) in [5, 5.41) is 7.35. The highest BCUT2D eigenvalue weighted by Crippen LogP contribution is 2.22. The van der Waals surface area contributed by atoms with E-state index in [4.69, 9.17) is 18.0 Å². The molecule has 2 N–H and O–H groups in total. The Hall–Kier alpha value is -0.580. The predicted molar refractivity (Wildman–Crippen MR) is 74.5 cm³/mol. The lowest BCUT2D eigenvalue weighted by molar-refractivity contribution is 0.429. The Balaban J connectivity index is 3.07. The van der Waals surface area contributed by atoms with E-state index in [-0.39, 0.29) is 21.2 Å². The summed E-state index contributed by atoms with van der Waals surface area (Å²) in [4.78, 5) is 0.283. The van der Waals surface area contributed by atoms with Gasteiger partial charge in [-0.3, -0.25) is 0 Å². The molecule has 0 saturated carbocycles. The van der Waals surface area contributed by atoms with E-state index in [1.807, 2.05) is 0 Å². The third-order valence-electron chi connectivity index (χ3n) is 2.28. The fourth-order valence-electron chi connectivity index (χ4n) is 1.40. The van der Waals surface area contributed by atoms with Crippen LogP contribution in [0.15, 0.2) is 9.63 Å². The number of aryl methyl sites for hydroxylation is 1. The molecule has 0 aliphatic heterocycles. The number of rotatable bonds is 6. The van der Waals surface area contributed by atoms with Crippen molar-refractivity contribution in [3.05, 3.63) is 4.60 Å². The molecule has 1 rings (SSSR count). The molecule has 0 spiro atoms. The molecule has 0 aliphatic carbocycles. The zero-order valence-corrected chi connectivity index (χ0v) is 13.2. The molecule has 7 nitrogen and oxygen atoms in total. The standard InChI is InChI=1S/C8H14BrN5O2S2/c1-3-14(5-4-6(10)17)18(15,16)8-7(9)11-12-13(8)2/h3-5H2,1-2H3,(H2,10,17). The Morgan fingerprint density at radius 3 is 2.61 bits per heavy atom. The Bertz CT molecular complexity index is 522. The van der Waals surface area contributed by atoms with Crippen LogP contribution in [0.2, 0.25) is 0 Å². The van der Waals surface area contributed by atoms with Gasteiger partial charge in [0.15, 0.2) is 4.60 Å². The maximum absolute atomic E-state index is 12.4. The van der Waals surface area contributed by atoms with Gasteiger partial charge in [0, 0.05) is 26.6 Å². The lowest BCUT2D eigenvalue weighted by Gasteiger charge is -2.19. The summed E-state index contributed by atoms with van der Waals surface area (Å²) in [6.45, 7) is 2.31. The number of sulfonamides is 1. The van der Waals surface area contributed by atoms with E-state index in [0.29, 0.717) is 13.0 Å². The molecule has 0 atom stereocenters. The molecule has 18 heavy (non-hydrogen) atoms. The number of aromatic nitrogens is 3. The van der Waals surface area contributed by atoms with Crippen LogP contribution in [0.5, 0.6) is 0 Å². The second kappa shape index (κ2) is 6.04. The van der Waals surface area contributed by atoms with E-state index in [1.54, 1.807) is 6.92 Å². The molecule has 1 aromatic heterocycles. The molecular weight excluding hydrogens is 342 g/mol.